The molecule has 1 aliphatic heterocycles. The molecule has 1 aromatic rings. The Balaban J connectivity index is 2.05. The molecule has 0 aromatic heterocycles. The Kier molecular flexibility index (Phi) is 3.20. The van der Waals surface area contributed by atoms with Gasteiger partial charge in [-0.05, 0) is 42.5 Å². The summed E-state index contributed by atoms with van der Waals surface area (Å²) in [6.45, 7) is 1.32. The maximum atomic E-state index is 14.2. The van der Waals surface area contributed by atoms with Gasteiger partial charge in [-0.25, -0.2) is 4.39 Å². The molecule has 2 fully saturated rings. The van der Waals surface area contributed by atoms with Gasteiger partial charge in [0.25, 0.3) is 0 Å². The van der Waals surface area contributed by atoms with Crippen LogP contribution < -0.4 is 0 Å². The van der Waals surface area contributed by atoms with Crippen molar-refractivity contribution in [3.8, 4) is 0 Å². The van der Waals surface area contributed by atoms with Crippen LogP contribution in [-0.4, -0.2) is 26.4 Å². The van der Waals surface area contributed by atoms with Gasteiger partial charge in [0.1, 0.15) is 5.82 Å². The highest BCUT2D eigenvalue weighted by atomic mass is 79.9. The quantitative estimate of drug-likeness (QED) is 0.834. The molecule has 1 heterocycles. The molecule has 2 nitrogen and oxygen atoms in total. The molecule has 1 aromatic carbocycles. The summed E-state index contributed by atoms with van der Waals surface area (Å²) in [5, 5.41) is 0. The summed E-state index contributed by atoms with van der Waals surface area (Å²) in [6.07, 6.45) is 2.03. The second-order valence-corrected chi connectivity index (χ2v) is 6.21. The van der Waals surface area contributed by atoms with Crippen LogP contribution in [0.4, 0.5) is 4.39 Å². The van der Waals surface area contributed by atoms with Crippen molar-refractivity contribution in [2.75, 3.05) is 20.3 Å². The van der Waals surface area contributed by atoms with Crippen LogP contribution in [0.3, 0.4) is 0 Å². The Morgan fingerprint density at radius 2 is 2.33 bits per heavy atom. The largest absolute Gasteiger partial charge is 0.381 e. The van der Waals surface area contributed by atoms with Crippen molar-refractivity contribution >= 4 is 15.9 Å². The summed E-state index contributed by atoms with van der Waals surface area (Å²) in [4.78, 5) is 0. The second kappa shape index (κ2) is 4.58. The zero-order valence-corrected chi connectivity index (χ0v) is 11.9. The summed E-state index contributed by atoms with van der Waals surface area (Å²) in [6, 6.07) is 5.17. The molecule has 1 aliphatic carbocycles. The van der Waals surface area contributed by atoms with E-state index in [0.717, 1.165) is 22.9 Å². The SMILES string of the molecule is CO[C@H]1C[C@H]2COC[C@@]2(c2cc(Br)ccc2F)C1. The molecule has 0 unspecified atom stereocenters. The fourth-order valence-electron chi connectivity index (χ4n) is 3.45. The second-order valence-electron chi connectivity index (χ2n) is 5.29. The molecule has 0 radical (unpaired) electrons. The van der Waals surface area contributed by atoms with Gasteiger partial charge in [0.15, 0.2) is 0 Å². The van der Waals surface area contributed by atoms with E-state index < -0.39 is 0 Å². The first-order chi connectivity index (χ1) is 8.65. The van der Waals surface area contributed by atoms with Gasteiger partial charge in [-0.3, -0.25) is 0 Å². The van der Waals surface area contributed by atoms with E-state index in [4.69, 9.17) is 9.47 Å². The van der Waals surface area contributed by atoms with Crippen LogP contribution >= 0.6 is 15.9 Å². The zero-order valence-electron chi connectivity index (χ0n) is 10.3. The van der Waals surface area contributed by atoms with Gasteiger partial charge in [0.05, 0.1) is 19.3 Å². The van der Waals surface area contributed by atoms with Gasteiger partial charge in [-0.1, -0.05) is 15.9 Å². The average molecular weight is 315 g/mol. The van der Waals surface area contributed by atoms with Gasteiger partial charge in [-0.2, -0.15) is 0 Å². The summed E-state index contributed by atoms with van der Waals surface area (Å²) in [5.74, 6) is 0.233. The lowest BCUT2D eigenvalue weighted by atomic mass is 9.74. The van der Waals surface area contributed by atoms with Crippen molar-refractivity contribution in [3.05, 3.63) is 34.1 Å². The summed E-state index contributed by atoms with van der Waals surface area (Å²) in [7, 11) is 1.73. The molecule has 0 amide bonds. The van der Waals surface area contributed by atoms with E-state index in [-0.39, 0.29) is 17.3 Å². The van der Waals surface area contributed by atoms with Crippen molar-refractivity contribution in [2.24, 2.45) is 5.92 Å². The van der Waals surface area contributed by atoms with E-state index in [0.29, 0.717) is 19.1 Å². The molecular weight excluding hydrogens is 299 g/mol. The Morgan fingerprint density at radius 1 is 1.50 bits per heavy atom. The van der Waals surface area contributed by atoms with Crippen molar-refractivity contribution in [2.45, 2.75) is 24.4 Å². The van der Waals surface area contributed by atoms with Crippen molar-refractivity contribution in [3.63, 3.8) is 0 Å². The molecule has 1 saturated carbocycles. The molecule has 4 heteroatoms. The zero-order chi connectivity index (χ0) is 12.8. The minimum Gasteiger partial charge on any atom is -0.381 e. The summed E-state index contributed by atoms with van der Waals surface area (Å²) in [5.41, 5.74) is 0.577. The van der Waals surface area contributed by atoms with E-state index in [2.05, 4.69) is 15.9 Å². The Bertz CT molecular complexity index is 465. The summed E-state index contributed by atoms with van der Waals surface area (Å²) >= 11 is 3.43. The molecule has 0 N–H and O–H groups in total. The fourth-order valence-corrected chi connectivity index (χ4v) is 3.81. The smallest absolute Gasteiger partial charge is 0.127 e. The highest BCUT2D eigenvalue weighted by Gasteiger charge is 2.53. The van der Waals surface area contributed by atoms with E-state index in [1.807, 2.05) is 6.07 Å². The highest BCUT2D eigenvalue weighted by molar-refractivity contribution is 9.10. The number of halogens is 2. The lowest BCUT2D eigenvalue weighted by Gasteiger charge is -2.28. The molecule has 1 saturated heterocycles. The number of hydrogen-bond acceptors (Lipinski definition) is 2. The third-order valence-corrected chi connectivity index (χ3v) is 4.89. The minimum atomic E-state index is -0.200. The lowest BCUT2D eigenvalue weighted by molar-refractivity contribution is 0.0787. The van der Waals surface area contributed by atoms with Crippen LogP contribution in [0.25, 0.3) is 0 Å². The maximum absolute atomic E-state index is 14.2. The Morgan fingerprint density at radius 3 is 3.11 bits per heavy atom. The monoisotopic (exact) mass is 314 g/mol. The summed E-state index contributed by atoms with van der Waals surface area (Å²) < 4.78 is 26.2. The number of hydrogen-bond donors (Lipinski definition) is 0. The third kappa shape index (κ3) is 1.82. The highest BCUT2D eigenvalue weighted by Crippen LogP contribution is 2.51. The van der Waals surface area contributed by atoms with Crippen molar-refractivity contribution in [1.82, 2.24) is 0 Å². The Labute approximate surface area is 115 Å². The van der Waals surface area contributed by atoms with Gasteiger partial charge >= 0.3 is 0 Å². The number of methoxy groups -OCH3 is 1. The van der Waals surface area contributed by atoms with Crippen LogP contribution in [-0.2, 0) is 14.9 Å². The fraction of sp³-hybridized carbons (Fsp3) is 0.571. The molecule has 98 valence electrons. The lowest BCUT2D eigenvalue weighted by Crippen LogP contribution is -2.31. The molecule has 2 aliphatic rings. The van der Waals surface area contributed by atoms with E-state index in [1.165, 1.54) is 6.07 Å². The number of fused-ring (bicyclic) bond motifs is 1. The number of benzene rings is 1. The van der Waals surface area contributed by atoms with Crippen LogP contribution in [0.5, 0.6) is 0 Å². The topological polar surface area (TPSA) is 18.5 Å². The first-order valence-corrected chi connectivity index (χ1v) is 7.01. The first-order valence-electron chi connectivity index (χ1n) is 6.22. The van der Waals surface area contributed by atoms with Crippen LogP contribution in [0.1, 0.15) is 18.4 Å². The van der Waals surface area contributed by atoms with E-state index in [1.54, 1.807) is 13.2 Å². The van der Waals surface area contributed by atoms with Gasteiger partial charge < -0.3 is 9.47 Å². The number of rotatable bonds is 2. The van der Waals surface area contributed by atoms with Crippen LogP contribution in [0, 0.1) is 11.7 Å². The third-order valence-electron chi connectivity index (χ3n) is 4.40. The van der Waals surface area contributed by atoms with Crippen LogP contribution in [0.15, 0.2) is 22.7 Å². The van der Waals surface area contributed by atoms with E-state index >= 15 is 0 Å². The average Bonchev–Trinajstić information content (AvgIpc) is 2.89. The van der Waals surface area contributed by atoms with Gasteiger partial charge in [0, 0.05) is 17.0 Å². The van der Waals surface area contributed by atoms with Gasteiger partial charge in [-0.15, -0.1) is 0 Å². The molecule has 3 atom stereocenters. The van der Waals surface area contributed by atoms with Crippen molar-refractivity contribution < 1.29 is 13.9 Å². The van der Waals surface area contributed by atoms with Crippen molar-refractivity contribution in [1.29, 1.82) is 0 Å². The Hall–Kier alpha value is -0.450. The minimum absolute atomic E-state index is 0.134. The molecular formula is C14H16BrFO2. The normalized spacial score (nSPS) is 34.8. The standard InChI is InChI=1S/C14H16BrFO2/c1-17-11-4-9-7-18-8-14(9,6-11)12-5-10(15)2-3-13(12)16/h2-3,5,9,11H,4,6-8H2,1H3/t9-,11-,14-/m0/s1. The molecule has 18 heavy (non-hydrogen) atoms. The molecule has 0 spiro atoms. The molecule has 3 rings (SSSR count). The predicted octanol–water partition coefficient (Wildman–Crippen LogP) is 3.28. The van der Waals surface area contributed by atoms with E-state index in [9.17, 15) is 4.39 Å². The van der Waals surface area contributed by atoms with Gasteiger partial charge in [0.2, 0.25) is 0 Å². The number of ether oxygens (including phenoxy) is 2. The first kappa shape index (κ1) is 12.6. The maximum Gasteiger partial charge on any atom is 0.127 e. The molecule has 0 bridgehead atoms. The predicted molar refractivity (Wildman–Crippen MR) is 70.1 cm³/mol. The van der Waals surface area contributed by atoms with Crippen LogP contribution in [0.2, 0.25) is 0 Å².